The van der Waals surface area contributed by atoms with Crippen molar-refractivity contribution < 1.29 is 19.6 Å². The van der Waals surface area contributed by atoms with Gasteiger partial charge in [0.1, 0.15) is 17.9 Å². The van der Waals surface area contributed by atoms with Crippen molar-refractivity contribution in [3.8, 4) is 5.75 Å². The van der Waals surface area contributed by atoms with Crippen molar-refractivity contribution in [2.45, 2.75) is 6.54 Å². The van der Waals surface area contributed by atoms with E-state index in [0.29, 0.717) is 6.54 Å². The van der Waals surface area contributed by atoms with Gasteiger partial charge in [-0.15, -0.1) is 0 Å². The fourth-order valence-corrected chi connectivity index (χ4v) is 1.61. The Bertz CT molecular complexity index is 624. The highest BCUT2D eigenvalue weighted by Gasteiger charge is 2.17. The lowest BCUT2D eigenvalue weighted by atomic mass is 10.2. The summed E-state index contributed by atoms with van der Waals surface area (Å²) in [6.45, 7) is 0.656. The molecule has 0 bridgehead atoms. The van der Waals surface area contributed by atoms with Crippen LogP contribution in [-0.2, 0) is 6.54 Å². The van der Waals surface area contributed by atoms with Gasteiger partial charge in [-0.3, -0.25) is 14.8 Å². The van der Waals surface area contributed by atoms with Gasteiger partial charge >= 0.3 is 5.97 Å². The first-order valence-corrected chi connectivity index (χ1v) is 5.70. The number of carbonyl (C=O) groups is 1. The molecule has 0 spiro atoms. The fraction of sp³-hybridized carbons (Fsp3) is 0.167. The summed E-state index contributed by atoms with van der Waals surface area (Å²) >= 11 is 0. The summed E-state index contributed by atoms with van der Waals surface area (Å²) in [4.78, 5) is 21.0. The minimum absolute atomic E-state index is 0.0928. The Kier molecular flexibility index (Phi) is 3.94. The van der Waals surface area contributed by atoms with Crippen molar-refractivity contribution in [3.63, 3.8) is 0 Å². The molecule has 1 N–H and O–H groups in total. The molecule has 0 unspecified atom stereocenters. The predicted octanol–water partition coefficient (Wildman–Crippen LogP) is 1.57. The SMILES string of the molecule is O=C(O)c1cc([N+](=O)[O-])ccc1OCCn1cccn1. The molecule has 20 heavy (non-hydrogen) atoms. The molecule has 0 saturated heterocycles. The van der Waals surface area contributed by atoms with Crippen LogP contribution in [0.3, 0.4) is 0 Å². The van der Waals surface area contributed by atoms with Crippen molar-refractivity contribution in [2.24, 2.45) is 0 Å². The Morgan fingerprint density at radius 2 is 2.30 bits per heavy atom. The maximum atomic E-state index is 11.1. The molecule has 2 rings (SSSR count). The molecule has 0 amide bonds. The summed E-state index contributed by atoms with van der Waals surface area (Å²) in [6.07, 6.45) is 3.37. The van der Waals surface area contributed by atoms with Crippen LogP contribution in [0.5, 0.6) is 5.75 Å². The summed E-state index contributed by atoms with van der Waals surface area (Å²) in [7, 11) is 0. The maximum Gasteiger partial charge on any atom is 0.339 e. The van der Waals surface area contributed by atoms with Crippen LogP contribution in [-0.4, -0.2) is 32.4 Å². The highest BCUT2D eigenvalue weighted by atomic mass is 16.6. The monoisotopic (exact) mass is 277 g/mol. The van der Waals surface area contributed by atoms with Gasteiger partial charge in [0.25, 0.3) is 5.69 Å². The predicted molar refractivity (Wildman–Crippen MR) is 67.8 cm³/mol. The normalized spacial score (nSPS) is 10.2. The van der Waals surface area contributed by atoms with Crippen molar-refractivity contribution >= 4 is 11.7 Å². The molecule has 0 fully saturated rings. The highest BCUT2D eigenvalue weighted by Crippen LogP contribution is 2.24. The average molecular weight is 277 g/mol. The minimum Gasteiger partial charge on any atom is -0.491 e. The Morgan fingerprint density at radius 1 is 1.50 bits per heavy atom. The molecule has 8 nitrogen and oxygen atoms in total. The van der Waals surface area contributed by atoms with Gasteiger partial charge in [-0.25, -0.2) is 4.79 Å². The molecule has 0 atom stereocenters. The molecule has 0 saturated carbocycles. The fourth-order valence-electron chi connectivity index (χ4n) is 1.61. The van der Waals surface area contributed by atoms with Gasteiger partial charge in [-0.05, 0) is 12.1 Å². The van der Waals surface area contributed by atoms with Crippen LogP contribution in [0.15, 0.2) is 36.7 Å². The van der Waals surface area contributed by atoms with Gasteiger partial charge < -0.3 is 9.84 Å². The van der Waals surface area contributed by atoms with Crippen molar-refractivity contribution in [1.82, 2.24) is 9.78 Å². The summed E-state index contributed by atoms with van der Waals surface area (Å²) in [5, 5.41) is 23.6. The lowest BCUT2D eigenvalue weighted by Crippen LogP contribution is -2.11. The smallest absolute Gasteiger partial charge is 0.339 e. The number of carboxylic acids is 1. The van der Waals surface area contributed by atoms with Crippen molar-refractivity contribution in [2.75, 3.05) is 6.61 Å². The van der Waals surface area contributed by atoms with E-state index in [9.17, 15) is 14.9 Å². The van der Waals surface area contributed by atoms with Gasteiger partial charge in [0.05, 0.1) is 11.5 Å². The molecular formula is C12H11N3O5. The molecule has 1 aromatic heterocycles. The second-order valence-electron chi connectivity index (χ2n) is 3.86. The number of non-ortho nitro benzene ring substituents is 1. The maximum absolute atomic E-state index is 11.1. The number of hydrogen-bond donors (Lipinski definition) is 1. The molecular weight excluding hydrogens is 266 g/mol. The third-order valence-electron chi connectivity index (χ3n) is 2.54. The van der Waals surface area contributed by atoms with Crippen LogP contribution in [0, 0.1) is 10.1 Å². The number of aromatic nitrogens is 2. The molecule has 1 heterocycles. The zero-order valence-electron chi connectivity index (χ0n) is 10.3. The molecule has 0 aliphatic rings. The Hall–Kier alpha value is -2.90. The van der Waals surface area contributed by atoms with E-state index in [1.807, 2.05) is 0 Å². The molecule has 2 aromatic rings. The minimum atomic E-state index is -1.28. The van der Waals surface area contributed by atoms with Crippen LogP contribution in [0.4, 0.5) is 5.69 Å². The summed E-state index contributed by atoms with van der Waals surface area (Å²) < 4.78 is 6.97. The second-order valence-corrected chi connectivity index (χ2v) is 3.86. The summed E-state index contributed by atoms with van der Waals surface area (Å²) in [5.74, 6) is -1.18. The Morgan fingerprint density at radius 3 is 2.90 bits per heavy atom. The van der Waals surface area contributed by atoms with Crippen LogP contribution < -0.4 is 4.74 Å². The average Bonchev–Trinajstić information content (AvgIpc) is 2.91. The van der Waals surface area contributed by atoms with Crippen LogP contribution in [0.2, 0.25) is 0 Å². The first kappa shape index (κ1) is 13.5. The van der Waals surface area contributed by atoms with Gasteiger partial charge in [-0.2, -0.15) is 5.10 Å². The number of hydrogen-bond acceptors (Lipinski definition) is 5. The van der Waals surface area contributed by atoms with Gasteiger partial charge in [0.15, 0.2) is 0 Å². The van der Waals surface area contributed by atoms with E-state index in [4.69, 9.17) is 9.84 Å². The zero-order chi connectivity index (χ0) is 14.5. The van der Waals surface area contributed by atoms with Gasteiger partial charge in [-0.1, -0.05) is 0 Å². The number of nitrogens with zero attached hydrogens (tertiary/aromatic N) is 3. The highest BCUT2D eigenvalue weighted by molar-refractivity contribution is 5.91. The van der Waals surface area contributed by atoms with Gasteiger partial charge in [0, 0.05) is 24.5 Å². The third-order valence-corrected chi connectivity index (χ3v) is 2.54. The van der Waals surface area contributed by atoms with E-state index < -0.39 is 10.9 Å². The molecule has 0 aliphatic carbocycles. The molecule has 104 valence electrons. The number of nitro groups is 1. The summed E-state index contributed by atoms with van der Waals surface area (Å²) in [5.41, 5.74) is -0.526. The number of benzene rings is 1. The van der Waals surface area contributed by atoms with E-state index in [0.717, 1.165) is 6.07 Å². The standard InChI is InChI=1S/C12H11N3O5/c16-12(17)10-8-9(15(18)19)2-3-11(10)20-7-6-14-5-1-4-13-14/h1-5,8H,6-7H2,(H,16,17). The zero-order valence-corrected chi connectivity index (χ0v) is 10.3. The van der Waals surface area contributed by atoms with Gasteiger partial charge in [0.2, 0.25) is 0 Å². The quantitative estimate of drug-likeness (QED) is 0.634. The van der Waals surface area contributed by atoms with Crippen LogP contribution in [0.1, 0.15) is 10.4 Å². The van der Waals surface area contributed by atoms with Crippen LogP contribution >= 0.6 is 0 Å². The first-order valence-electron chi connectivity index (χ1n) is 5.70. The van der Waals surface area contributed by atoms with Crippen molar-refractivity contribution in [1.29, 1.82) is 0 Å². The number of rotatable bonds is 6. The first-order chi connectivity index (χ1) is 9.58. The largest absolute Gasteiger partial charge is 0.491 e. The van der Waals surface area contributed by atoms with Crippen molar-refractivity contribution in [3.05, 3.63) is 52.3 Å². The summed E-state index contributed by atoms with van der Waals surface area (Å²) in [6, 6.07) is 5.22. The number of ether oxygens (including phenoxy) is 1. The number of nitro benzene ring substituents is 1. The lowest BCUT2D eigenvalue weighted by Gasteiger charge is -2.09. The second kappa shape index (κ2) is 5.83. The van der Waals surface area contributed by atoms with E-state index in [1.54, 1.807) is 23.1 Å². The van der Waals surface area contributed by atoms with E-state index in [-0.39, 0.29) is 23.6 Å². The lowest BCUT2D eigenvalue weighted by molar-refractivity contribution is -0.384. The Balaban J connectivity index is 2.10. The van der Waals surface area contributed by atoms with E-state index in [2.05, 4.69) is 5.10 Å². The third kappa shape index (κ3) is 3.10. The number of carboxylic acid groups (broad SMARTS) is 1. The molecule has 1 aromatic carbocycles. The Labute approximate surface area is 113 Å². The molecule has 8 heteroatoms. The molecule has 0 radical (unpaired) electrons. The number of aromatic carboxylic acids is 1. The van der Waals surface area contributed by atoms with E-state index >= 15 is 0 Å². The molecule has 0 aliphatic heterocycles. The topological polar surface area (TPSA) is 107 Å². The van der Waals surface area contributed by atoms with E-state index in [1.165, 1.54) is 12.1 Å². The van der Waals surface area contributed by atoms with Crippen LogP contribution in [0.25, 0.3) is 0 Å².